The van der Waals surface area contributed by atoms with Crippen LogP contribution in [0.5, 0.6) is 11.5 Å². The van der Waals surface area contributed by atoms with Crippen molar-refractivity contribution in [3.63, 3.8) is 0 Å². The minimum atomic E-state index is 0.196. The minimum absolute atomic E-state index is 0.196. The number of phenolic OH excluding ortho intramolecular Hbond substituents is 1. The van der Waals surface area contributed by atoms with Crippen molar-refractivity contribution in [2.75, 3.05) is 19.8 Å². The summed E-state index contributed by atoms with van der Waals surface area (Å²) >= 11 is 0. The van der Waals surface area contributed by atoms with E-state index in [0.29, 0.717) is 13.2 Å². The highest BCUT2D eigenvalue weighted by molar-refractivity contribution is 5.44. The number of benzene rings is 1. The van der Waals surface area contributed by atoms with Crippen LogP contribution in [0, 0.1) is 0 Å². The average Bonchev–Trinajstić information content (AvgIpc) is 2.66. The lowest BCUT2D eigenvalue weighted by atomic mass is 10.1. The van der Waals surface area contributed by atoms with Gasteiger partial charge in [0.05, 0.1) is 18.8 Å². The third-order valence-corrected chi connectivity index (χ3v) is 2.72. The van der Waals surface area contributed by atoms with Crippen LogP contribution in [0.1, 0.15) is 25.5 Å². The van der Waals surface area contributed by atoms with Crippen molar-refractivity contribution >= 4 is 0 Å². The van der Waals surface area contributed by atoms with Gasteiger partial charge in [-0.2, -0.15) is 0 Å². The number of nitrogens with one attached hydrogen (secondary N) is 1. The van der Waals surface area contributed by atoms with Crippen molar-refractivity contribution in [1.29, 1.82) is 0 Å². The van der Waals surface area contributed by atoms with Crippen LogP contribution in [-0.2, 0) is 4.74 Å². The predicted molar refractivity (Wildman–Crippen MR) is 65.4 cm³/mol. The maximum atomic E-state index is 9.34. The molecule has 0 radical (unpaired) electrons. The number of hydrogen-bond donors (Lipinski definition) is 2. The molecule has 0 saturated heterocycles. The van der Waals surface area contributed by atoms with Gasteiger partial charge in [-0.15, -0.1) is 0 Å². The highest BCUT2D eigenvalue weighted by atomic mass is 16.5. The lowest BCUT2D eigenvalue weighted by Crippen LogP contribution is -2.27. The molecule has 4 nitrogen and oxygen atoms in total. The van der Waals surface area contributed by atoms with E-state index in [9.17, 15) is 5.11 Å². The van der Waals surface area contributed by atoms with Gasteiger partial charge in [-0.25, -0.2) is 0 Å². The predicted octanol–water partition coefficient (Wildman–Crippen LogP) is 1.84. The maximum Gasteiger partial charge on any atom is 0.127 e. The van der Waals surface area contributed by atoms with Crippen LogP contribution in [-0.4, -0.2) is 31.0 Å². The number of ether oxygens (including phenoxy) is 2. The van der Waals surface area contributed by atoms with Gasteiger partial charge in [-0.1, -0.05) is 0 Å². The summed E-state index contributed by atoms with van der Waals surface area (Å²) in [6, 6.07) is 5.44. The first-order chi connectivity index (χ1) is 8.16. The zero-order valence-electron chi connectivity index (χ0n) is 10.3. The molecule has 0 saturated carbocycles. The van der Waals surface area contributed by atoms with Crippen LogP contribution in [0.3, 0.4) is 0 Å². The van der Waals surface area contributed by atoms with E-state index in [4.69, 9.17) is 9.47 Å². The molecule has 0 spiro atoms. The summed E-state index contributed by atoms with van der Waals surface area (Å²) in [6.45, 7) is 6.15. The third-order valence-electron chi connectivity index (χ3n) is 2.72. The summed E-state index contributed by atoms with van der Waals surface area (Å²) in [5.74, 6) is 1.01. The Balaban J connectivity index is 1.85. The number of fused-ring (bicyclic) bond motifs is 1. The average molecular weight is 237 g/mol. The molecular formula is C13H19NO3. The van der Waals surface area contributed by atoms with Crippen molar-refractivity contribution in [2.24, 2.45) is 0 Å². The van der Waals surface area contributed by atoms with Gasteiger partial charge in [0.2, 0.25) is 0 Å². The quantitative estimate of drug-likeness (QED) is 0.767. The van der Waals surface area contributed by atoms with Crippen molar-refractivity contribution in [3.05, 3.63) is 23.8 Å². The van der Waals surface area contributed by atoms with E-state index >= 15 is 0 Å². The fourth-order valence-electron chi connectivity index (χ4n) is 1.90. The Kier molecular flexibility index (Phi) is 3.86. The standard InChI is InChI=1S/C13H19NO3/c1-9(2)16-6-5-14-12-8-17-13-7-10(15)3-4-11(12)13/h3-4,7,9,12,14-15H,5-6,8H2,1-2H3. The Labute approximate surface area is 102 Å². The summed E-state index contributed by atoms with van der Waals surface area (Å²) in [5.41, 5.74) is 1.10. The monoisotopic (exact) mass is 237 g/mol. The van der Waals surface area contributed by atoms with E-state index in [0.717, 1.165) is 17.9 Å². The molecule has 0 aromatic heterocycles. The highest BCUT2D eigenvalue weighted by Crippen LogP contribution is 2.34. The van der Waals surface area contributed by atoms with Gasteiger partial charge in [-0.05, 0) is 26.0 Å². The molecule has 1 aliphatic rings. The third kappa shape index (κ3) is 3.11. The first kappa shape index (κ1) is 12.2. The van der Waals surface area contributed by atoms with Crippen molar-refractivity contribution in [2.45, 2.75) is 26.0 Å². The zero-order chi connectivity index (χ0) is 12.3. The molecule has 94 valence electrons. The molecule has 1 unspecified atom stereocenters. The van der Waals surface area contributed by atoms with Crippen LogP contribution in [0.15, 0.2) is 18.2 Å². The molecule has 1 aromatic rings. The van der Waals surface area contributed by atoms with E-state index in [1.54, 1.807) is 12.1 Å². The van der Waals surface area contributed by atoms with E-state index in [1.807, 2.05) is 19.9 Å². The van der Waals surface area contributed by atoms with Gasteiger partial charge in [0.15, 0.2) is 0 Å². The van der Waals surface area contributed by atoms with Crippen molar-refractivity contribution in [3.8, 4) is 11.5 Å². The summed E-state index contributed by atoms with van der Waals surface area (Å²) in [7, 11) is 0. The number of aromatic hydroxyl groups is 1. The van der Waals surface area contributed by atoms with Crippen LogP contribution >= 0.6 is 0 Å². The topological polar surface area (TPSA) is 50.7 Å². The Hall–Kier alpha value is -1.26. The second kappa shape index (κ2) is 5.38. The molecule has 1 aromatic carbocycles. The van der Waals surface area contributed by atoms with Gasteiger partial charge in [-0.3, -0.25) is 0 Å². The Morgan fingerprint density at radius 3 is 3.12 bits per heavy atom. The molecule has 4 heteroatoms. The lowest BCUT2D eigenvalue weighted by molar-refractivity contribution is 0.0788. The molecular weight excluding hydrogens is 218 g/mol. The first-order valence-corrected chi connectivity index (χ1v) is 5.97. The van der Waals surface area contributed by atoms with E-state index in [2.05, 4.69) is 5.32 Å². The fourth-order valence-corrected chi connectivity index (χ4v) is 1.90. The SMILES string of the molecule is CC(C)OCCNC1COc2cc(O)ccc21. The Bertz CT molecular complexity index is 379. The number of rotatable bonds is 5. The summed E-state index contributed by atoms with van der Waals surface area (Å²) in [5, 5.41) is 12.7. The van der Waals surface area contributed by atoms with Gasteiger partial charge in [0, 0.05) is 18.2 Å². The highest BCUT2D eigenvalue weighted by Gasteiger charge is 2.23. The van der Waals surface area contributed by atoms with Crippen molar-refractivity contribution in [1.82, 2.24) is 5.32 Å². The number of hydrogen-bond acceptors (Lipinski definition) is 4. The van der Waals surface area contributed by atoms with E-state index in [-0.39, 0.29) is 17.9 Å². The van der Waals surface area contributed by atoms with E-state index < -0.39 is 0 Å². The van der Waals surface area contributed by atoms with Gasteiger partial charge < -0.3 is 19.9 Å². The zero-order valence-corrected chi connectivity index (χ0v) is 10.3. The molecule has 1 heterocycles. The lowest BCUT2D eigenvalue weighted by Gasteiger charge is -2.13. The van der Waals surface area contributed by atoms with Crippen LogP contribution in [0.2, 0.25) is 0 Å². The molecule has 0 fully saturated rings. The molecule has 1 atom stereocenters. The molecule has 2 N–H and O–H groups in total. The summed E-state index contributed by atoms with van der Waals surface area (Å²) in [4.78, 5) is 0. The Morgan fingerprint density at radius 2 is 2.35 bits per heavy atom. The largest absolute Gasteiger partial charge is 0.508 e. The summed E-state index contributed by atoms with van der Waals surface area (Å²) in [6.07, 6.45) is 0.265. The molecule has 0 bridgehead atoms. The minimum Gasteiger partial charge on any atom is -0.508 e. The first-order valence-electron chi connectivity index (χ1n) is 5.97. The second-order valence-corrected chi connectivity index (χ2v) is 4.46. The number of phenols is 1. The molecule has 17 heavy (non-hydrogen) atoms. The van der Waals surface area contributed by atoms with Crippen LogP contribution < -0.4 is 10.1 Å². The molecule has 2 rings (SSSR count). The van der Waals surface area contributed by atoms with Gasteiger partial charge in [0.1, 0.15) is 18.1 Å². The molecule has 1 aliphatic heterocycles. The molecule has 0 amide bonds. The normalized spacial score (nSPS) is 18.2. The molecule has 0 aliphatic carbocycles. The van der Waals surface area contributed by atoms with Crippen LogP contribution in [0.4, 0.5) is 0 Å². The van der Waals surface area contributed by atoms with Crippen LogP contribution in [0.25, 0.3) is 0 Å². The van der Waals surface area contributed by atoms with E-state index in [1.165, 1.54) is 0 Å². The van der Waals surface area contributed by atoms with Crippen molar-refractivity contribution < 1.29 is 14.6 Å². The summed E-state index contributed by atoms with van der Waals surface area (Å²) < 4.78 is 11.0. The smallest absolute Gasteiger partial charge is 0.127 e. The van der Waals surface area contributed by atoms with Gasteiger partial charge >= 0.3 is 0 Å². The maximum absolute atomic E-state index is 9.34. The fraction of sp³-hybridized carbons (Fsp3) is 0.538. The second-order valence-electron chi connectivity index (χ2n) is 4.46. The Morgan fingerprint density at radius 1 is 1.53 bits per heavy atom. The van der Waals surface area contributed by atoms with Gasteiger partial charge in [0.25, 0.3) is 0 Å².